The smallest absolute Gasteiger partial charge is 0.207 e. The molecule has 0 aliphatic rings. The molecule has 0 saturated heterocycles. The minimum Gasteiger partial charge on any atom is -0.494 e. The zero-order chi connectivity index (χ0) is 14.8. The van der Waals surface area contributed by atoms with Crippen LogP contribution in [-0.4, -0.2) is 21.1 Å². The highest BCUT2D eigenvalue weighted by Gasteiger charge is 2.11. The Kier molecular flexibility index (Phi) is 3.66. The fourth-order valence-corrected chi connectivity index (χ4v) is 2.28. The van der Waals surface area contributed by atoms with Gasteiger partial charge < -0.3 is 10.5 Å². The lowest BCUT2D eigenvalue weighted by Crippen LogP contribution is -2.01. The lowest BCUT2D eigenvalue weighted by molar-refractivity contribution is 0.317. The van der Waals surface area contributed by atoms with Crippen molar-refractivity contribution in [3.63, 3.8) is 0 Å². The van der Waals surface area contributed by atoms with Gasteiger partial charge in [-0.05, 0) is 36.8 Å². The lowest BCUT2D eigenvalue weighted by Gasteiger charge is -2.08. The van der Waals surface area contributed by atoms with Crippen LogP contribution in [0.25, 0.3) is 16.9 Å². The second-order valence-corrected chi connectivity index (χ2v) is 5.08. The normalized spacial score (nSPS) is 11.0. The Morgan fingerprint density at radius 2 is 2.05 bits per heavy atom. The molecule has 0 aliphatic heterocycles. The number of hydrogen-bond acceptors (Lipinski definition) is 4. The van der Waals surface area contributed by atoms with Crippen molar-refractivity contribution < 1.29 is 4.74 Å². The van der Waals surface area contributed by atoms with E-state index < -0.39 is 0 Å². The molecule has 0 atom stereocenters. The summed E-state index contributed by atoms with van der Waals surface area (Å²) in [6.07, 6.45) is 2.56. The average Bonchev–Trinajstić information content (AvgIpc) is 2.80. The molecule has 2 heterocycles. The molecule has 1 aromatic carbocycles. The van der Waals surface area contributed by atoms with Crippen molar-refractivity contribution in [2.24, 2.45) is 0 Å². The van der Waals surface area contributed by atoms with Gasteiger partial charge >= 0.3 is 0 Å². The Bertz CT molecular complexity index is 767. The van der Waals surface area contributed by atoms with Gasteiger partial charge in [0.1, 0.15) is 11.3 Å². The number of nitrogens with zero attached hydrogens (tertiary/aromatic N) is 3. The number of hydrogen-bond donors (Lipinski definition) is 1. The van der Waals surface area contributed by atoms with E-state index in [4.69, 9.17) is 22.1 Å². The number of benzene rings is 1. The SMILES string of the molecule is CCCOc1ccc(-n2c(N)nc3cc(Cl)cnc32)cc1. The maximum atomic E-state index is 5.99. The Morgan fingerprint density at radius 1 is 1.29 bits per heavy atom. The quantitative estimate of drug-likeness (QED) is 0.801. The number of nitrogens with two attached hydrogens (primary N) is 1. The molecular weight excluding hydrogens is 288 g/mol. The zero-order valence-electron chi connectivity index (χ0n) is 11.6. The summed E-state index contributed by atoms with van der Waals surface area (Å²) in [6.45, 7) is 2.78. The Hall–Kier alpha value is -2.27. The minimum absolute atomic E-state index is 0.377. The van der Waals surface area contributed by atoms with Gasteiger partial charge in [0, 0.05) is 6.20 Å². The first kappa shape index (κ1) is 13.7. The number of imidazole rings is 1. The van der Waals surface area contributed by atoms with E-state index in [1.54, 1.807) is 16.8 Å². The maximum Gasteiger partial charge on any atom is 0.207 e. The van der Waals surface area contributed by atoms with Gasteiger partial charge in [-0.25, -0.2) is 9.97 Å². The summed E-state index contributed by atoms with van der Waals surface area (Å²) in [5.74, 6) is 1.21. The largest absolute Gasteiger partial charge is 0.494 e. The number of fused-ring (bicyclic) bond motifs is 1. The molecule has 0 bridgehead atoms. The Balaban J connectivity index is 2.01. The molecule has 0 aliphatic carbocycles. The molecule has 0 amide bonds. The predicted octanol–water partition coefficient (Wildman–Crippen LogP) is 3.44. The van der Waals surface area contributed by atoms with E-state index in [2.05, 4.69) is 16.9 Å². The molecule has 3 aromatic rings. The van der Waals surface area contributed by atoms with Crippen molar-refractivity contribution in [1.29, 1.82) is 0 Å². The van der Waals surface area contributed by atoms with Crippen LogP contribution in [0.15, 0.2) is 36.5 Å². The highest BCUT2D eigenvalue weighted by molar-refractivity contribution is 6.31. The molecule has 0 radical (unpaired) electrons. The first-order valence-electron chi connectivity index (χ1n) is 6.71. The van der Waals surface area contributed by atoms with E-state index in [9.17, 15) is 0 Å². The number of nitrogen functional groups attached to an aromatic ring is 1. The van der Waals surface area contributed by atoms with Gasteiger partial charge in [-0.1, -0.05) is 18.5 Å². The van der Waals surface area contributed by atoms with Gasteiger partial charge in [0.25, 0.3) is 0 Å². The van der Waals surface area contributed by atoms with Crippen molar-refractivity contribution in [1.82, 2.24) is 14.5 Å². The summed E-state index contributed by atoms with van der Waals surface area (Å²) in [5, 5.41) is 0.537. The van der Waals surface area contributed by atoms with Crippen LogP contribution in [0.1, 0.15) is 13.3 Å². The van der Waals surface area contributed by atoms with Gasteiger partial charge in [0.15, 0.2) is 5.65 Å². The summed E-state index contributed by atoms with van der Waals surface area (Å²) in [7, 11) is 0. The third-order valence-electron chi connectivity index (χ3n) is 3.06. The topological polar surface area (TPSA) is 66.0 Å². The highest BCUT2D eigenvalue weighted by atomic mass is 35.5. The average molecular weight is 303 g/mol. The van der Waals surface area contributed by atoms with E-state index in [0.29, 0.717) is 28.7 Å². The zero-order valence-corrected chi connectivity index (χ0v) is 12.3. The highest BCUT2D eigenvalue weighted by Crippen LogP contribution is 2.24. The third kappa shape index (κ3) is 2.64. The van der Waals surface area contributed by atoms with Crippen LogP contribution in [0, 0.1) is 0 Å². The molecule has 21 heavy (non-hydrogen) atoms. The monoisotopic (exact) mass is 302 g/mol. The van der Waals surface area contributed by atoms with Crippen LogP contribution >= 0.6 is 11.6 Å². The molecule has 3 rings (SSSR count). The molecule has 5 nitrogen and oxygen atoms in total. The van der Waals surface area contributed by atoms with E-state index >= 15 is 0 Å². The van der Waals surface area contributed by atoms with Crippen molar-refractivity contribution >= 4 is 28.7 Å². The summed E-state index contributed by atoms with van der Waals surface area (Å²) >= 11 is 5.93. The van der Waals surface area contributed by atoms with Crippen LogP contribution in [0.4, 0.5) is 5.95 Å². The van der Waals surface area contributed by atoms with E-state index in [1.165, 1.54) is 0 Å². The van der Waals surface area contributed by atoms with Gasteiger partial charge in [0.05, 0.1) is 17.3 Å². The van der Waals surface area contributed by atoms with Crippen LogP contribution in [0.5, 0.6) is 5.75 Å². The predicted molar refractivity (Wildman–Crippen MR) is 84.1 cm³/mol. The summed E-state index contributed by atoms with van der Waals surface area (Å²) in [6, 6.07) is 9.42. The molecule has 0 fully saturated rings. The van der Waals surface area contributed by atoms with E-state index in [0.717, 1.165) is 17.9 Å². The number of rotatable bonds is 4. The number of halogens is 1. The first-order valence-corrected chi connectivity index (χ1v) is 7.09. The summed E-state index contributed by atoms with van der Waals surface area (Å²) in [4.78, 5) is 8.59. The molecule has 6 heteroatoms. The standard InChI is InChI=1S/C15H15ClN4O/c1-2-7-21-12-5-3-11(4-6-12)20-14-13(19-15(20)17)8-10(16)9-18-14/h3-6,8-9H,2,7H2,1H3,(H2,17,19). The molecule has 2 N–H and O–H groups in total. The number of anilines is 1. The lowest BCUT2D eigenvalue weighted by atomic mass is 10.3. The van der Waals surface area contributed by atoms with Gasteiger partial charge in [-0.2, -0.15) is 0 Å². The van der Waals surface area contributed by atoms with Crippen molar-refractivity contribution in [3.8, 4) is 11.4 Å². The van der Waals surface area contributed by atoms with Gasteiger partial charge in [-0.15, -0.1) is 0 Å². The van der Waals surface area contributed by atoms with Crippen molar-refractivity contribution in [3.05, 3.63) is 41.6 Å². The summed E-state index contributed by atoms with van der Waals surface area (Å²) in [5.41, 5.74) is 8.23. The third-order valence-corrected chi connectivity index (χ3v) is 3.26. The fraction of sp³-hybridized carbons (Fsp3) is 0.200. The summed E-state index contributed by atoms with van der Waals surface area (Å²) < 4.78 is 7.36. The van der Waals surface area contributed by atoms with Crippen LogP contribution in [-0.2, 0) is 0 Å². The molecule has 0 spiro atoms. The Morgan fingerprint density at radius 3 is 2.76 bits per heavy atom. The van der Waals surface area contributed by atoms with Crippen LogP contribution in [0.3, 0.4) is 0 Å². The molecule has 2 aromatic heterocycles. The molecular formula is C15H15ClN4O. The number of aromatic nitrogens is 3. The molecule has 0 unspecified atom stereocenters. The van der Waals surface area contributed by atoms with E-state index in [1.807, 2.05) is 24.3 Å². The van der Waals surface area contributed by atoms with Crippen LogP contribution in [0.2, 0.25) is 5.02 Å². The van der Waals surface area contributed by atoms with E-state index in [-0.39, 0.29) is 0 Å². The second-order valence-electron chi connectivity index (χ2n) is 4.64. The van der Waals surface area contributed by atoms with Crippen molar-refractivity contribution in [2.75, 3.05) is 12.3 Å². The Labute approximate surface area is 127 Å². The first-order chi connectivity index (χ1) is 10.2. The number of ether oxygens (including phenoxy) is 1. The maximum absolute atomic E-state index is 5.99. The fourth-order valence-electron chi connectivity index (χ4n) is 2.12. The van der Waals surface area contributed by atoms with Gasteiger partial charge in [0.2, 0.25) is 5.95 Å². The minimum atomic E-state index is 0.377. The van der Waals surface area contributed by atoms with Gasteiger partial charge in [-0.3, -0.25) is 4.57 Å². The van der Waals surface area contributed by atoms with Crippen molar-refractivity contribution in [2.45, 2.75) is 13.3 Å². The number of pyridine rings is 1. The molecule has 0 saturated carbocycles. The molecule has 108 valence electrons. The second kappa shape index (κ2) is 5.61. The van der Waals surface area contributed by atoms with Crippen LogP contribution < -0.4 is 10.5 Å².